The Balaban J connectivity index is 4.44. The lowest BCUT2D eigenvalue weighted by Gasteiger charge is -2.18. The van der Waals surface area contributed by atoms with Crippen LogP contribution in [0.5, 0.6) is 0 Å². The number of allylic oxidation sites excluding steroid dienone is 12. The Labute approximate surface area is 338 Å². The summed E-state index contributed by atoms with van der Waals surface area (Å²) in [5.74, 6) is -0.990. The third-order valence-corrected chi connectivity index (χ3v) is 9.20. The minimum Gasteiger partial charge on any atom is -0.462 e. The molecule has 0 heterocycles. The molecule has 0 saturated heterocycles. The van der Waals surface area contributed by atoms with Gasteiger partial charge >= 0.3 is 17.9 Å². The van der Waals surface area contributed by atoms with Gasteiger partial charge in [0.05, 0.1) is 0 Å². The molecule has 0 N–H and O–H groups in total. The minimum absolute atomic E-state index is 0.106. The van der Waals surface area contributed by atoms with Gasteiger partial charge in [-0.3, -0.25) is 14.4 Å². The summed E-state index contributed by atoms with van der Waals surface area (Å²) in [4.78, 5) is 37.6. The predicted octanol–water partition coefficient (Wildman–Crippen LogP) is 14.3. The molecule has 0 aromatic rings. The van der Waals surface area contributed by atoms with Crippen LogP contribution in [-0.2, 0) is 28.6 Å². The van der Waals surface area contributed by atoms with Crippen molar-refractivity contribution in [1.29, 1.82) is 0 Å². The summed E-state index contributed by atoms with van der Waals surface area (Å²) < 4.78 is 16.6. The lowest BCUT2D eigenvalue weighted by atomic mass is 10.1. The van der Waals surface area contributed by atoms with Crippen molar-refractivity contribution in [2.75, 3.05) is 13.2 Å². The summed E-state index contributed by atoms with van der Waals surface area (Å²) >= 11 is 0. The molecule has 55 heavy (non-hydrogen) atoms. The molecule has 0 aromatic heterocycles. The number of carbonyl (C=O) groups is 3. The lowest BCUT2D eigenvalue weighted by Crippen LogP contribution is -2.30. The smallest absolute Gasteiger partial charge is 0.306 e. The predicted molar refractivity (Wildman–Crippen MR) is 233 cm³/mol. The summed E-state index contributed by atoms with van der Waals surface area (Å²) in [5, 5.41) is 0. The van der Waals surface area contributed by atoms with E-state index in [1.807, 2.05) is 0 Å². The Morgan fingerprint density at radius 3 is 1.25 bits per heavy atom. The van der Waals surface area contributed by atoms with Crippen molar-refractivity contribution in [3.05, 3.63) is 72.9 Å². The molecule has 0 amide bonds. The van der Waals surface area contributed by atoms with Gasteiger partial charge in [0, 0.05) is 19.3 Å². The van der Waals surface area contributed by atoms with E-state index in [0.717, 1.165) is 116 Å². The fourth-order valence-electron chi connectivity index (χ4n) is 5.86. The van der Waals surface area contributed by atoms with Crippen molar-refractivity contribution in [3.8, 4) is 0 Å². The lowest BCUT2D eigenvalue weighted by molar-refractivity contribution is -0.167. The summed E-state index contributed by atoms with van der Waals surface area (Å²) in [7, 11) is 0. The van der Waals surface area contributed by atoms with Crippen molar-refractivity contribution in [1.82, 2.24) is 0 Å². The summed E-state index contributed by atoms with van der Waals surface area (Å²) in [5.41, 5.74) is 0. The number of unbranched alkanes of at least 4 members (excludes halogenated alkanes) is 17. The molecule has 0 aliphatic heterocycles. The average molecular weight is 767 g/mol. The molecule has 0 aliphatic rings. The van der Waals surface area contributed by atoms with Crippen molar-refractivity contribution in [2.24, 2.45) is 0 Å². The second-order valence-electron chi connectivity index (χ2n) is 14.6. The van der Waals surface area contributed by atoms with E-state index in [1.54, 1.807) is 0 Å². The molecule has 0 aromatic carbocycles. The van der Waals surface area contributed by atoms with E-state index in [0.29, 0.717) is 19.3 Å². The number of hydrogen-bond acceptors (Lipinski definition) is 6. The van der Waals surface area contributed by atoms with Crippen LogP contribution in [0.25, 0.3) is 0 Å². The Hall–Kier alpha value is -3.15. The van der Waals surface area contributed by atoms with Gasteiger partial charge in [0.15, 0.2) is 6.10 Å². The van der Waals surface area contributed by atoms with E-state index < -0.39 is 6.10 Å². The van der Waals surface area contributed by atoms with Crippen molar-refractivity contribution < 1.29 is 28.6 Å². The molecule has 1 unspecified atom stereocenters. The van der Waals surface area contributed by atoms with Gasteiger partial charge in [0.1, 0.15) is 13.2 Å². The molecule has 0 spiro atoms. The van der Waals surface area contributed by atoms with Gasteiger partial charge in [-0.2, -0.15) is 0 Å². The fraction of sp³-hybridized carbons (Fsp3) is 0.694. The van der Waals surface area contributed by atoms with Crippen LogP contribution in [-0.4, -0.2) is 37.2 Å². The van der Waals surface area contributed by atoms with Crippen molar-refractivity contribution in [2.45, 2.75) is 207 Å². The first-order valence-electron chi connectivity index (χ1n) is 22.5. The molecule has 314 valence electrons. The molecular weight excluding hydrogens is 685 g/mol. The van der Waals surface area contributed by atoms with E-state index >= 15 is 0 Å². The highest BCUT2D eigenvalue weighted by Crippen LogP contribution is 2.12. The highest BCUT2D eigenvalue weighted by atomic mass is 16.6. The fourth-order valence-corrected chi connectivity index (χ4v) is 5.86. The highest BCUT2D eigenvalue weighted by Gasteiger charge is 2.19. The van der Waals surface area contributed by atoms with Crippen LogP contribution >= 0.6 is 0 Å². The quantitative estimate of drug-likeness (QED) is 0.0204. The largest absolute Gasteiger partial charge is 0.462 e. The maximum absolute atomic E-state index is 12.7. The van der Waals surface area contributed by atoms with Gasteiger partial charge in [0.25, 0.3) is 0 Å². The Morgan fingerprint density at radius 2 is 0.764 bits per heavy atom. The van der Waals surface area contributed by atoms with E-state index in [1.165, 1.54) is 44.9 Å². The SMILES string of the molecule is CC/C=C\C/C=C\CCCCCCCC(=O)OC(COC(=O)CCCC/C=C\C/C=C\CC)COC(=O)CCCCC/C=C\C=C/CCCCCCCCC. The van der Waals surface area contributed by atoms with Crippen molar-refractivity contribution >= 4 is 17.9 Å². The molecule has 0 radical (unpaired) electrons. The molecule has 0 aliphatic carbocycles. The van der Waals surface area contributed by atoms with Gasteiger partial charge in [-0.05, 0) is 96.3 Å². The number of carbonyl (C=O) groups excluding carboxylic acids is 3. The summed E-state index contributed by atoms with van der Waals surface area (Å²) in [6, 6.07) is 0. The van der Waals surface area contributed by atoms with Crippen LogP contribution in [0.1, 0.15) is 201 Å². The third-order valence-electron chi connectivity index (χ3n) is 9.20. The number of rotatable bonds is 39. The van der Waals surface area contributed by atoms with E-state index in [9.17, 15) is 14.4 Å². The third kappa shape index (κ3) is 41.8. The van der Waals surface area contributed by atoms with Gasteiger partial charge < -0.3 is 14.2 Å². The number of ether oxygens (including phenoxy) is 3. The zero-order valence-corrected chi connectivity index (χ0v) is 35.7. The molecule has 0 bridgehead atoms. The average Bonchev–Trinajstić information content (AvgIpc) is 3.18. The Kier molecular flexibility index (Phi) is 41.1. The zero-order valence-electron chi connectivity index (χ0n) is 35.7. The molecule has 0 fully saturated rings. The maximum Gasteiger partial charge on any atom is 0.306 e. The Bertz CT molecular complexity index is 1070. The van der Waals surface area contributed by atoms with Crippen LogP contribution in [0.15, 0.2) is 72.9 Å². The first kappa shape index (κ1) is 51.9. The van der Waals surface area contributed by atoms with Crippen LogP contribution in [0, 0.1) is 0 Å². The molecule has 1 atom stereocenters. The normalized spacial score (nSPS) is 12.7. The molecule has 0 saturated carbocycles. The van der Waals surface area contributed by atoms with Crippen molar-refractivity contribution in [3.63, 3.8) is 0 Å². The molecular formula is C49H82O6. The first-order chi connectivity index (χ1) is 27.0. The number of hydrogen-bond donors (Lipinski definition) is 0. The van der Waals surface area contributed by atoms with Gasteiger partial charge in [-0.15, -0.1) is 0 Å². The topological polar surface area (TPSA) is 78.9 Å². The molecule has 6 heteroatoms. The van der Waals surface area contributed by atoms with E-state index in [-0.39, 0.29) is 31.1 Å². The van der Waals surface area contributed by atoms with Crippen LogP contribution in [0.2, 0.25) is 0 Å². The van der Waals surface area contributed by atoms with Crippen LogP contribution in [0.3, 0.4) is 0 Å². The monoisotopic (exact) mass is 767 g/mol. The molecule has 6 nitrogen and oxygen atoms in total. The number of esters is 3. The Morgan fingerprint density at radius 1 is 0.400 bits per heavy atom. The second-order valence-corrected chi connectivity index (χ2v) is 14.6. The first-order valence-corrected chi connectivity index (χ1v) is 22.5. The van der Waals surface area contributed by atoms with Gasteiger partial charge in [-0.1, -0.05) is 158 Å². The maximum atomic E-state index is 12.7. The molecule has 0 rings (SSSR count). The summed E-state index contributed by atoms with van der Waals surface area (Å²) in [6.07, 6.45) is 53.3. The second kappa shape index (κ2) is 43.6. The summed E-state index contributed by atoms with van der Waals surface area (Å²) in [6.45, 7) is 6.31. The minimum atomic E-state index is -0.803. The van der Waals surface area contributed by atoms with Crippen LogP contribution < -0.4 is 0 Å². The highest BCUT2D eigenvalue weighted by molar-refractivity contribution is 5.71. The zero-order chi connectivity index (χ0) is 40.1. The van der Waals surface area contributed by atoms with Crippen LogP contribution in [0.4, 0.5) is 0 Å². The standard InChI is InChI=1S/C49H82O6/c1-4-7-10-13-16-19-21-23-24-25-26-28-30-33-36-39-42-48(51)54-45-46(44-53-47(50)41-38-35-32-29-18-15-12-9-6-3)55-49(52)43-40-37-34-31-27-22-20-17-14-11-8-5-2/h8-9,11-12,17-18,20,24-26,28-29,46H,4-7,10,13-16,19,21-23,27,30-45H2,1-3H3/b11-8-,12-9-,20-17-,25-24-,28-26-,29-18-. The van der Waals surface area contributed by atoms with E-state index in [4.69, 9.17) is 14.2 Å². The van der Waals surface area contributed by atoms with E-state index in [2.05, 4.69) is 93.7 Å². The van der Waals surface area contributed by atoms with Gasteiger partial charge in [0.2, 0.25) is 0 Å². The van der Waals surface area contributed by atoms with Gasteiger partial charge in [-0.25, -0.2) is 0 Å².